The maximum absolute atomic E-state index is 12.3. The van der Waals surface area contributed by atoms with Crippen molar-refractivity contribution in [2.24, 2.45) is 0 Å². The first kappa shape index (κ1) is 15.8. The summed E-state index contributed by atoms with van der Waals surface area (Å²) in [6.45, 7) is 8.97. The minimum absolute atomic E-state index is 0.0379. The van der Waals surface area contributed by atoms with Crippen molar-refractivity contribution in [2.45, 2.75) is 38.9 Å². The van der Waals surface area contributed by atoms with Crippen molar-refractivity contribution in [3.63, 3.8) is 0 Å². The molecular formula is C16H25N3O2S. The minimum atomic E-state index is 0.0379. The van der Waals surface area contributed by atoms with Gasteiger partial charge < -0.3 is 15.0 Å². The zero-order valence-electron chi connectivity index (χ0n) is 13.4. The number of hydrogen-bond donors (Lipinski definition) is 1. The average molecular weight is 323 g/mol. The standard InChI is InChI=1S/C16H25N3O2S/c1-12(18-5-3-15-14(10-18)4-8-22-15)9-17-16(20)19-6-7-21-11-13(19)2/h4,8,12-13H,3,5-7,9-11H2,1-2H3,(H,17,20)/t12-,13-/m0/s1. The Hall–Kier alpha value is -1.11. The van der Waals surface area contributed by atoms with E-state index in [0.29, 0.717) is 32.3 Å². The SMILES string of the molecule is C[C@@H](CNC(=O)N1CCOC[C@@H]1C)N1CCc2sccc2C1. The topological polar surface area (TPSA) is 44.8 Å². The highest BCUT2D eigenvalue weighted by Gasteiger charge is 2.25. The lowest BCUT2D eigenvalue weighted by Crippen LogP contribution is -2.53. The van der Waals surface area contributed by atoms with E-state index in [9.17, 15) is 4.79 Å². The molecule has 22 heavy (non-hydrogen) atoms. The van der Waals surface area contributed by atoms with Crippen molar-refractivity contribution < 1.29 is 9.53 Å². The van der Waals surface area contributed by atoms with E-state index in [1.165, 1.54) is 10.4 Å². The van der Waals surface area contributed by atoms with Crippen molar-refractivity contribution in [3.05, 3.63) is 21.9 Å². The van der Waals surface area contributed by atoms with E-state index < -0.39 is 0 Å². The molecule has 5 nitrogen and oxygen atoms in total. The Morgan fingerprint density at radius 1 is 1.55 bits per heavy atom. The first-order chi connectivity index (χ1) is 10.6. The van der Waals surface area contributed by atoms with E-state index in [0.717, 1.165) is 19.5 Å². The van der Waals surface area contributed by atoms with Gasteiger partial charge in [-0.05, 0) is 37.3 Å². The number of carbonyl (C=O) groups excluding carboxylic acids is 1. The number of morpholine rings is 1. The fourth-order valence-corrected chi connectivity index (χ4v) is 4.03. The van der Waals surface area contributed by atoms with Crippen molar-refractivity contribution in [3.8, 4) is 0 Å². The van der Waals surface area contributed by atoms with Crippen molar-refractivity contribution >= 4 is 17.4 Å². The Balaban J connectivity index is 1.48. The molecule has 0 bridgehead atoms. The van der Waals surface area contributed by atoms with Gasteiger partial charge in [0.1, 0.15) is 0 Å². The predicted octanol–water partition coefficient (Wildman–Crippen LogP) is 1.92. The Morgan fingerprint density at radius 2 is 2.41 bits per heavy atom. The van der Waals surface area contributed by atoms with Gasteiger partial charge in [0.05, 0.1) is 19.3 Å². The van der Waals surface area contributed by atoms with Crippen LogP contribution in [-0.2, 0) is 17.7 Å². The molecule has 1 aromatic rings. The summed E-state index contributed by atoms with van der Waals surface area (Å²) in [5, 5.41) is 5.27. The molecule has 2 amide bonds. The second kappa shape index (κ2) is 6.98. The molecule has 0 spiro atoms. The van der Waals surface area contributed by atoms with E-state index in [-0.39, 0.29) is 12.1 Å². The van der Waals surface area contributed by atoms with Gasteiger partial charge in [0.15, 0.2) is 0 Å². The number of rotatable bonds is 3. The summed E-state index contributed by atoms with van der Waals surface area (Å²) < 4.78 is 5.38. The molecule has 0 aromatic carbocycles. The number of fused-ring (bicyclic) bond motifs is 1. The molecule has 3 rings (SSSR count). The van der Waals surface area contributed by atoms with Crippen LogP contribution in [0.5, 0.6) is 0 Å². The quantitative estimate of drug-likeness (QED) is 0.924. The van der Waals surface area contributed by atoms with Gasteiger partial charge >= 0.3 is 6.03 Å². The van der Waals surface area contributed by atoms with Crippen LogP contribution in [0.2, 0.25) is 0 Å². The van der Waals surface area contributed by atoms with Gasteiger partial charge in [0.2, 0.25) is 0 Å². The second-order valence-electron chi connectivity index (χ2n) is 6.24. The molecule has 1 N–H and O–H groups in total. The number of hydrogen-bond acceptors (Lipinski definition) is 4. The molecule has 0 saturated carbocycles. The van der Waals surface area contributed by atoms with Crippen LogP contribution >= 0.6 is 11.3 Å². The molecule has 1 fully saturated rings. The molecule has 6 heteroatoms. The van der Waals surface area contributed by atoms with Crippen LogP contribution in [0, 0.1) is 0 Å². The van der Waals surface area contributed by atoms with Gasteiger partial charge in [-0.3, -0.25) is 4.90 Å². The summed E-state index contributed by atoms with van der Waals surface area (Å²) >= 11 is 1.86. The van der Waals surface area contributed by atoms with Gasteiger partial charge in [-0.25, -0.2) is 4.79 Å². The number of amides is 2. The zero-order valence-corrected chi connectivity index (χ0v) is 14.2. The van der Waals surface area contributed by atoms with Crippen LogP contribution < -0.4 is 5.32 Å². The van der Waals surface area contributed by atoms with Crippen LogP contribution in [0.15, 0.2) is 11.4 Å². The maximum atomic E-state index is 12.3. The van der Waals surface area contributed by atoms with Gasteiger partial charge in [0, 0.05) is 37.1 Å². The molecular weight excluding hydrogens is 298 g/mol. The normalized spacial score (nSPS) is 23.9. The lowest BCUT2D eigenvalue weighted by Gasteiger charge is -2.35. The average Bonchev–Trinajstić information content (AvgIpc) is 3.00. The van der Waals surface area contributed by atoms with Gasteiger partial charge in [-0.2, -0.15) is 0 Å². The molecule has 2 atom stereocenters. The van der Waals surface area contributed by atoms with Crippen LogP contribution in [0.1, 0.15) is 24.3 Å². The Bertz CT molecular complexity index is 519. The van der Waals surface area contributed by atoms with Crippen LogP contribution in [0.4, 0.5) is 4.79 Å². The predicted molar refractivity (Wildman–Crippen MR) is 88.3 cm³/mol. The lowest BCUT2D eigenvalue weighted by molar-refractivity contribution is 0.0186. The fraction of sp³-hybridized carbons (Fsp3) is 0.688. The summed E-state index contributed by atoms with van der Waals surface area (Å²) in [7, 11) is 0. The summed E-state index contributed by atoms with van der Waals surface area (Å²) in [5.74, 6) is 0. The summed E-state index contributed by atoms with van der Waals surface area (Å²) in [4.78, 5) is 18.2. The number of nitrogens with zero attached hydrogens (tertiary/aromatic N) is 2. The lowest BCUT2D eigenvalue weighted by atomic mass is 10.1. The van der Waals surface area contributed by atoms with Gasteiger partial charge in [-0.1, -0.05) is 0 Å². The van der Waals surface area contributed by atoms with E-state index in [2.05, 4.69) is 28.6 Å². The summed E-state index contributed by atoms with van der Waals surface area (Å²) in [6.07, 6.45) is 1.13. The van der Waals surface area contributed by atoms with E-state index in [4.69, 9.17) is 4.74 Å². The van der Waals surface area contributed by atoms with Crippen molar-refractivity contribution in [1.29, 1.82) is 0 Å². The monoisotopic (exact) mass is 323 g/mol. The molecule has 0 aliphatic carbocycles. The molecule has 122 valence electrons. The van der Waals surface area contributed by atoms with E-state index in [1.54, 1.807) is 0 Å². The molecule has 3 heterocycles. The zero-order chi connectivity index (χ0) is 15.5. The van der Waals surface area contributed by atoms with Crippen LogP contribution in [-0.4, -0.2) is 60.8 Å². The number of urea groups is 1. The first-order valence-electron chi connectivity index (χ1n) is 8.06. The molecule has 2 aliphatic heterocycles. The highest BCUT2D eigenvalue weighted by atomic mass is 32.1. The molecule has 1 saturated heterocycles. The third kappa shape index (κ3) is 3.45. The molecule has 0 radical (unpaired) electrons. The highest BCUT2D eigenvalue weighted by Crippen LogP contribution is 2.24. The van der Waals surface area contributed by atoms with Crippen LogP contribution in [0.3, 0.4) is 0 Å². The molecule has 1 aromatic heterocycles. The summed E-state index contributed by atoms with van der Waals surface area (Å²) in [5.41, 5.74) is 1.45. The Kier molecular flexibility index (Phi) is 5.00. The first-order valence-corrected chi connectivity index (χ1v) is 8.94. The van der Waals surface area contributed by atoms with Gasteiger partial charge in [0.25, 0.3) is 0 Å². The van der Waals surface area contributed by atoms with Crippen molar-refractivity contribution in [2.75, 3.05) is 32.8 Å². The fourth-order valence-electron chi connectivity index (χ4n) is 3.14. The number of thiophene rings is 1. The molecule has 2 aliphatic rings. The highest BCUT2D eigenvalue weighted by molar-refractivity contribution is 7.10. The van der Waals surface area contributed by atoms with Crippen LogP contribution in [0.25, 0.3) is 0 Å². The van der Waals surface area contributed by atoms with E-state index >= 15 is 0 Å². The number of carbonyl (C=O) groups is 1. The Morgan fingerprint density at radius 3 is 3.23 bits per heavy atom. The van der Waals surface area contributed by atoms with Crippen molar-refractivity contribution in [1.82, 2.24) is 15.1 Å². The Labute approximate surface area is 136 Å². The third-order valence-corrected chi connectivity index (χ3v) is 5.66. The largest absolute Gasteiger partial charge is 0.377 e. The number of ether oxygens (including phenoxy) is 1. The van der Waals surface area contributed by atoms with Gasteiger partial charge in [-0.15, -0.1) is 11.3 Å². The number of nitrogens with one attached hydrogen (secondary N) is 1. The smallest absolute Gasteiger partial charge is 0.317 e. The summed E-state index contributed by atoms with van der Waals surface area (Å²) in [6, 6.07) is 2.78. The minimum Gasteiger partial charge on any atom is -0.377 e. The second-order valence-corrected chi connectivity index (χ2v) is 7.24. The maximum Gasteiger partial charge on any atom is 0.317 e. The third-order valence-electron chi connectivity index (χ3n) is 4.64. The molecule has 0 unspecified atom stereocenters. The van der Waals surface area contributed by atoms with E-state index in [1.807, 2.05) is 23.2 Å².